The van der Waals surface area contributed by atoms with Gasteiger partial charge in [-0.1, -0.05) is 26.2 Å². The van der Waals surface area contributed by atoms with Crippen molar-refractivity contribution < 1.29 is 14.4 Å². The zero-order chi connectivity index (χ0) is 9.11. The van der Waals surface area contributed by atoms with Crippen molar-refractivity contribution in [3.05, 3.63) is 0 Å². The maximum atomic E-state index is 7.31. The fourth-order valence-corrected chi connectivity index (χ4v) is 0.571. The van der Waals surface area contributed by atoms with E-state index in [2.05, 4.69) is 6.92 Å². The van der Waals surface area contributed by atoms with E-state index in [1.807, 2.05) is 0 Å². The van der Waals surface area contributed by atoms with Crippen LogP contribution in [0.3, 0.4) is 0 Å². The quantitative estimate of drug-likeness (QED) is 0.338. The smallest absolute Gasteiger partial charge is 0.392 e. The molecule has 0 heterocycles. The molecule has 0 aromatic heterocycles. The summed E-state index contributed by atoms with van der Waals surface area (Å²) in [6.45, 7) is 3.07. The minimum absolute atomic E-state index is 0.861. The first-order chi connectivity index (χ1) is 5.15. The van der Waals surface area contributed by atoms with Crippen LogP contribution in [0.5, 0.6) is 0 Å². The van der Waals surface area contributed by atoms with Crippen LogP contribution in [0.25, 0.3) is 0 Å². The van der Waals surface area contributed by atoms with Crippen molar-refractivity contribution in [2.45, 2.75) is 32.6 Å². The van der Waals surface area contributed by atoms with Gasteiger partial charge in [0.05, 0.1) is 0 Å². The predicted octanol–water partition coefficient (Wildman–Crippen LogP) is -0.794. The topological polar surface area (TPSA) is 86.7 Å². The third-order valence-electron chi connectivity index (χ3n) is 1.06. The number of nitrogens with two attached hydrogens (primary N) is 1. The van der Waals surface area contributed by atoms with Crippen molar-refractivity contribution in [3.8, 4) is 0 Å². The van der Waals surface area contributed by atoms with Crippen molar-refractivity contribution in [3.63, 3.8) is 0 Å². The first-order valence-electron chi connectivity index (χ1n) is 3.89. The molecule has 0 bridgehead atoms. The summed E-state index contributed by atoms with van der Waals surface area (Å²) in [5.74, 6) is 0. The van der Waals surface area contributed by atoms with Gasteiger partial charge in [-0.3, -0.25) is 0 Å². The Kier molecular flexibility index (Phi) is 15.8. The Balaban J connectivity index is 0. The molecule has 0 aliphatic heterocycles. The van der Waals surface area contributed by atoms with Gasteiger partial charge in [0.2, 0.25) is 0 Å². The largest absolute Gasteiger partial charge is 0.475 e. The highest BCUT2D eigenvalue weighted by Gasteiger charge is 1.83. The third kappa shape index (κ3) is 39.7. The number of hydrogen-bond donors (Lipinski definition) is 4. The molecule has 70 valence electrons. The monoisotopic (exact) mass is 181 g/mol. The maximum Gasteiger partial charge on any atom is 0.475 e. The van der Waals surface area contributed by atoms with Gasteiger partial charge in [-0.25, -0.2) is 0 Å². The molecule has 0 amide bonds. The summed E-state index contributed by atoms with van der Waals surface area (Å²) in [6, 6.07) is 0. The van der Waals surface area contributed by atoms with E-state index in [1.165, 1.54) is 25.7 Å². The van der Waals surface area contributed by atoms with E-state index in [1.54, 1.807) is 0 Å². The van der Waals surface area contributed by atoms with Gasteiger partial charge in [0.25, 0.3) is 0 Å². The van der Waals surface area contributed by atoms with Crippen LogP contribution in [0.2, 0.25) is 0 Å². The number of unbranched alkanes of at least 4 members (excludes halogenated alkanes) is 3. The van der Waals surface area contributed by atoms with Crippen LogP contribution in [0.4, 0.5) is 0 Å². The fraction of sp³-hybridized carbons (Fsp3) is 1.00. The summed E-state index contributed by atoms with van der Waals surface area (Å²) >= 11 is 0. The Bertz CT molecular complexity index is 57.0. The Morgan fingerprint density at radius 2 is 1.55 bits per heavy atom. The lowest BCUT2D eigenvalue weighted by molar-refractivity contribution is 0.278. The van der Waals surface area contributed by atoms with Gasteiger partial charge in [-0.15, -0.1) is 0 Å². The van der Waals surface area contributed by atoms with Crippen LogP contribution >= 0.6 is 0 Å². The molecule has 0 rings (SSSR count). The molecule has 11 heavy (non-hydrogen) atoms. The Hall–Kier alpha value is 0.0569. The first kappa shape index (κ1) is 13.6. The first-order valence-corrected chi connectivity index (χ1v) is 5.44. The lowest BCUT2D eigenvalue weighted by atomic mass is 10.2. The average molecular weight is 181 g/mol. The van der Waals surface area contributed by atoms with E-state index >= 15 is 0 Å². The second-order valence-corrected chi connectivity index (χ2v) is 2.89. The number of hydrogen-bond acceptors (Lipinski definition) is 4. The van der Waals surface area contributed by atoms with Crippen LogP contribution in [0.15, 0.2) is 0 Å². The van der Waals surface area contributed by atoms with Crippen LogP contribution < -0.4 is 5.73 Å². The van der Waals surface area contributed by atoms with Gasteiger partial charge in [0.15, 0.2) is 0 Å². The van der Waals surface area contributed by atoms with Crippen molar-refractivity contribution >= 4 is 9.53 Å². The van der Waals surface area contributed by atoms with Gasteiger partial charge >= 0.3 is 9.53 Å². The zero-order valence-electron chi connectivity index (χ0n) is 7.03. The van der Waals surface area contributed by atoms with Crippen molar-refractivity contribution in [1.29, 1.82) is 0 Å². The van der Waals surface area contributed by atoms with E-state index in [0.717, 1.165) is 6.54 Å². The molecule has 4 nitrogen and oxygen atoms in total. The molecule has 0 aliphatic carbocycles. The summed E-state index contributed by atoms with van der Waals surface area (Å²) in [7, 11) is -3.14. The Morgan fingerprint density at radius 3 is 1.82 bits per heavy atom. The second-order valence-electron chi connectivity index (χ2n) is 2.20. The summed E-state index contributed by atoms with van der Waals surface area (Å²) < 4.78 is 0. The standard InChI is InChI=1S/C6H15N.H4O3Si/c1-2-3-4-5-6-7;1-4(2)3/h2-7H2,1H3;1-4H. The Morgan fingerprint density at radius 1 is 1.09 bits per heavy atom. The van der Waals surface area contributed by atoms with Gasteiger partial charge in [-0.05, 0) is 13.0 Å². The van der Waals surface area contributed by atoms with E-state index in [-0.39, 0.29) is 0 Å². The summed E-state index contributed by atoms with van der Waals surface area (Å²) in [6.07, 6.45) is 5.16. The molecule has 0 aliphatic rings. The zero-order valence-corrected chi connectivity index (χ0v) is 8.19. The van der Waals surface area contributed by atoms with E-state index < -0.39 is 9.53 Å². The molecule has 0 unspecified atom stereocenters. The highest BCUT2D eigenvalue weighted by Crippen LogP contribution is 1.95. The second kappa shape index (κ2) is 12.7. The molecule has 0 saturated heterocycles. The molecule has 0 aromatic carbocycles. The molecule has 0 radical (unpaired) electrons. The van der Waals surface area contributed by atoms with Gasteiger partial charge < -0.3 is 20.1 Å². The summed E-state index contributed by atoms with van der Waals surface area (Å²) in [4.78, 5) is 21.9. The molecule has 0 spiro atoms. The van der Waals surface area contributed by atoms with Crippen molar-refractivity contribution in [2.75, 3.05) is 6.54 Å². The van der Waals surface area contributed by atoms with Crippen LogP contribution in [-0.2, 0) is 0 Å². The molecule has 0 atom stereocenters. The third-order valence-corrected chi connectivity index (χ3v) is 1.06. The minimum Gasteiger partial charge on any atom is -0.392 e. The average Bonchev–Trinajstić information content (AvgIpc) is 1.88. The fourth-order valence-electron chi connectivity index (χ4n) is 0.571. The van der Waals surface area contributed by atoms with Crippen LogP contribution in [0, 0.1) is 0 Å². The normalized spacial score (nSPS) is 9.27. The van der Waals surface area contributed by atoms with Gasteiger partial charge in [0.1, 0.15) is 0 Å². The molecule has 5 heteroatoms. The molecule has 5 N–H and O–H groups in total. The van der Waals surface area contributed by atoms with E-state index in [0.29, 0.717) is 0 Å². The summed E-state index contributed by atoms with van der Waals surface area (Å²) in [5.41, 5.74) is 5.27. The van der Waals surface area contributed by atoms with Gasteiger partial charge in [-0.2, -0.15) is 0 Å². The minimum atomic E-state index is -3.14. The number of rotatable bonds is 4. The van der Waals surface area contributed by atoms with Crippen LogP contribution in [0.1, 0.15) is 32.6 Å². The molecule has 0 saturated carbocycles. The SMILES string of the molecule is CCCCCCN.O[SiH](O)O. The van der Waals surface area contributed by atoms with Crippen molar-refractivity contribution in [2.24, 2.45) is 5.73 Å². The lowest BCUT2D eigenvalue weighted by Gasteiger charge is -1.90. The molecular weight excluding hydrogens is 162 g/mol. The molecule has 0 aromatic rings. The van der Waals surface area contributed by atoms with E-state index in [9.17, 15) is 0 Å². The van der Waals surface area contributed by atoms with Crippen molar-refractivity contribution in [1.82, 2.24) is 0 Å². The maximum absolute atomic E-state index is 7.31. The van der Waals surface area contributed by atoms with Crippen LogP contribution in [-0.4, -0.2) is 30.5 Å². The van der Waals surface area contributed by atoms with E-state index in [4.69, 9.17) is 20.1 Å². The highest BCUT2D eigenvalue weighted by molar-refractivity contribution is 6.30. The Labute approximate surface area is 69.6 Å². The van der Waals surface area contributed by atoms with Gasteiger partial charge in [0, 0.05) is 0 Å². The summed E-state index contributed by atoms with van der Waals surface area (Å²) in [5, 5.41) is 0. The molecule has 0 fully saturated rings. The predicted molar refractivity (Wildman–Crippen MR) is 47.0 cm³/mol. The highest BCUT2D eigenvalue weighted by atomic mass is 28.3. The molecular formula is C6H19NO3Si. The lowest BCUT2D eigenvalue weighted by Crippen LogP contribution is -2.07.